The molecule has 0 unspecified atom stereocenters. The van der Waals surface area contributed by atoms with Crippen molar-refractivity contribution in [1.82, 2.24) is 19.3 Å². The van der Waals surface area contributed by atoms with Crippen LogP contribution in [0.1, 0.15) is 41.2 Å². The Balaban J connectivity index is 2.02. The average Bonchev–Trinajstić information content (AvgIpc) is 3.09. The van der Waals surface area contributed by atoms with Gasteiger partial charge in [-0.25, -0.2) is 4.98 Å². The van der Waals surface area contributed by atoms with E-state index in [1.807, 2.05) is 43.0 Å². The molecule has 0 aliphatic carbocycles. The van der Waals surface area contributed by atoms with Crippen molar-refractivity contribution in [3.8, 4) is 6.07 Å². The Hall–Kier alpha value is -3.14. The molecule has 0 aliphatic rings. The molecule has 7 nitrogen and oxygen atoms in total. The van der Waals surface area contributed by atoms with Crippen LogP contribution in [0, 0.1) is 25.2 Å². The molecule has 2 heterocycles. The molecule has 2 aromatic heterocycles. The summed E-state index contributed by atoms with van der Waals surface area (Å²) in [7, 11) is 0. The molecular weight excluding hydrogens is 316 g/mol. The third kappa shape index (κ3) is 2.76. The van der Waals surface area contributed by atoms with Crippen molar-refractivity contribution in [3.05, 3.63) is 40.7 Å². The maximum absolute atomic E-state index is 12.8. The number of carbonyl (C=O) groups excluding carboxylic acids is 1. The molecule has 3 aromatic rings. The molecule has 0 atom stereocenters. The Morgan fingerprint density at radius 1 is 1.28 bits per heavy atom. The van der Waals surface area contributed by atoms with E-state index in [1.54, 1.807) is 12.1 Å². The minimum atomic E-state index is -0.222. The molecule has 3 rings (SSSR count). The predicted molar refractivity (Wildman–Crippen MR) is 95.5 cm³/mol. The number of hydrogen-bond donors (Lipinski definition) is 1. The second kappa shape index (κ2) is 6.40. The largest absolute Gasteiger partial charge is 0.310 e. The van der Waals surface area contributed by atoms with Gasteiger partial charge < -0.3 is 4.57 Å². The molecule has 0 spiro atoms. The second-order valence-corrected chi connectivity index (χ2v) is 5.81. The second-order valence-electron chi connectivity index (χ2n) is 5.81. The third-order valence-corrected chi connectivity index (χ3v) is 4.33. The van der Waals surface area contributed by atoms with Crippen LogP contribution in [0.15, 0.2) is 18.2 Å². The monoisotopic (exact) mass is 336 g/mol. The van der Waals surface area contributed by atoms with Crippen molar-refractivity contribution in [1.29, 1.82) is 5.26 Å². The first-order valence-electron chi connectivity index (χ1n) is 8.25. The molecule has 0 fully saturated rings. The quantitative estimate of drug-likeness (QED) is 0.793. The Kier molecular flexibility index (Phi) is 4.28. The molecule has 128 valence electrons. The Bertz CT molecular complexity index is 1000. The number of imidazole rings is 1. The molecule has 0 saturated heterocycles. The van der Waals surface area contributed by atoms with Gasteiger partial charge in [0.15, 0.2) is 0 Å². The van der Waals surface area contributed by atoms with Crippen molar-refractivity contribution in [2.75, 3.05) is 5.32 Å². The number of carbonyl (C=O) groups is 1. The molecule has 1 aromatic carbocycles. The van der Waals surface area contributed by atoms with Crippen molar-refractivity contribution in [3.63, 3.8) is 0 Å². The highest BCUT2D eigenvalue weighted by atomic mass is 16.1. The molecule has 0 aliphatic heterocycles. The summed E-state index contributed by atoms with van der Waals surface area (Å²) in [5.74, 6) is 0.251. The number of anilines is 1. The predicted octanol–water partition coefficient (Wildman–Crippen LogP) is 3.01. The number of aryl methyl sites for hydroxylation is 3. The lowest BCUT2D eigenvalue weighted by Gasteiger charge is -2.08. The SMILES string of the molecule is CCn1nc(C)c(C(=O)Nc2nc3cc(C#N)ccc3n2CC)c1C. The number of hydrogen-bond acceptors (Lipinski definition) is 4. The molecule has 1 amide bonds. The summed E-state index contributed by atoms with van der Waals surface area (Å²) in [5.41, 5.74) is 4.23. The van der Waals surface area contributed by atoms with Crippen LogP contribution in [0.5, 0.6) is 0 Å². The van der Waals surface area contributed by atoms with E-state index in [9.17, 15) is 4.79 Å². The van der Waals surface area contributed by atoms with Crippen molar-refractivity contribution >= 4 is 22.9 Å². The van der Waals surface area contributed by atoms with E-state index in [0.717, 1.165) is 11.2 Å². The van der Waals surface area contributed by atoms with E-state index >= 15 is 0 Å². The molecule has 25 heavy (non-hydrogen) atoms. The zero-order chi connectivity index (χ0) is 18.1. The molecule has 0 bridgehead atoms. The van der Waals surface area contributed by atoms with E-state index in [4.69, 9.17) is 5.26 Å². The van der Waals surface area contributed by atoms with E-state index < -0.39 is 0 Å². The zero-order valence-corrected chi connectivity index (χ0v) is 14.8. The number of nitrogens with one attached hydrogen (secondary N) is 1. The number of nitriles is 1. The maximum atomic E-state index is 12.8. The normalized spacial score (nSPS) is 10.8. The fraction of sp³-hybridized carbons (Fsp3) is 0.333. The van der Waals surface area contributed by atoms with Crippen LogP contribution in [-0.2, 0) is 13.1 Å². The first-order valence-corrected chi connectivity index (χ1v) is 8.25. The van der Waals surface area contributed by atoms with Gasteiger partial charge >= 0.3 is 0 Å². The first-order chi connectivity index (χ1) is 12.0. The Morgan fingerprint density at radius 3 is 2.64 bits per heavy atom. The lowest BCUT2D eigenvalue weighted by atomic mass is 10.2. The lowest BCUT2D eigenvalue weighted by molar-refractivity contribution is 0.102. The summed E-state index contributed by atoms with van der Waals surface area (Å²) in [5, 5.41) is 16.3. The smallest absolute Gasteiger partial charge is 0.261 e. The van der Waals surface area contributed by atoms with Crippen molar-refractivity contribution in [2.24, 2.45) is 0 Å². The lowest BCUT2D eigenvalue weighted by Crippen LogP contribution is -2.17. The van der Waals surface area contributed by atoms with E-state index in [0.29, 0.717) is 41.4 Å². The van der Waals surface area contributed by atoms with Gasteiger partial charge in [-0.1, -0.05) is 0 Å². The van der Waals surface area contributed by atoms with Gasteiger partial charge in [0, 0.05) is 18.8 Å². The van der Waals surface area contributed by atoms with Gasteiger partial charge in [-0.05, 0) is 45.9 Å². The van der Waals surface area contributed by atoms with E-state index in [1.165, 1.54) is 0 Å². The standard InChI is InChI=1S/C18H20N6O/c1-5-23-15-8-7-13(10-19)9-14(15)20-18(23)21-17(25)16-11(3)22-24(6-2)12(16)4/h7-9H,5-6H2,1-4H3,(H,20,21,25). The fourth-order valence-electron chi connectivity index (χ4n) is 3.11. The first kappa shape index (κ1) is 16.7. The highest BCUT2D eigenvalue weighted by molar-refractivity contribution is 6.05. The van der Waals surface area contributed by atoms with Gasteiger partial charge in [-0.3, -0.25) is 14.8 Å². The van der Waals surface area contributed by atoms with Gasteiger partial charge in [0.05, 0.1) is 33.9 Å². The van der Waals surface area contributed by atoms with Crippen LogP contribution in [0.25, 0.3) is 11.0 Å². The number of amides is 1. The highest BCUT2D eigenvalue weighted by Crippen LogP contribution is 2.22. The summed E-state index contributed by atoms with van der Waals surface area (Å²) in [6.45, 7) is 9.07. The fourth-order valence-corrected chi connectivity index (χ4v) is 3.11. The van der Waals surface area contributed by atoms with Crippen LogP contribution in [0.2, 0.25) is 0 Å². The van der Waals surface area contributed by atoms with Crippen LogP contribution >= 0.6 is 0 Å². The van der Waals surface area contributed by atoms with Crippen LogP contribution in [0.4, 0.5) is 5.95 Å². The number of rotatable bonds is 4. The van der Waals surface area contributed by atoms with E-state index in [-0.39, 0.29) is 5.91 Å². The molecule has 0 saturated carbocycles. The van der Waals surface area contributed by atoms with Crippen LogP contribution in [-0.4, -0.2) is 25.2 Å². The summed E-state index contributed by atoms with van der Waals surface area (Å²) >= 11 is 0. The highest BCUT2D eigenvalue weighted by Gasteiger charge is 2.20. The zero-order valence-electron chi connectivity index (χ0n) is 14.8. The van der Waals surface area contributed by atoms with Gasteiger partial charge in [0.25, 0.3) is 5.91 Å². The number of fused-ring (bicyclic) bond motifs is 1. The average molecular weight is 336 g/mol. The third-order valence-electron chi connectivity index (χ3n) is 4.33. The number of nitrogens with zero attached hydrogens (tertiary/aromatic N) is 5. The van der Waals surface area contributed by atoms with Gasteiger partial charge in [-0.2, -0.15) is 10.4 Å². The molecule has 0 radical (unpaired) electrons. The van der Waals surface area contributed by atoms with Gasteiger partial charge in [-0.15, -0.1) is 0 Å². The summed E-state index contributed by atoms with van der Waals surface area (Å²) in [4.78, 5) is 17.3. The summed E-state index contributed by atoms with van der Waals surface area (Å²) < 4.78 is 3.73. The van der Waals surface area contributed by atoms with Crippen LogP contribution < -0.4 is 5.32 Å². The summed E-state index contributed by atoms with van der Waals surface area (Å²) in [6.07, 6.45) is 0. The molecular formula is C18H20N6O. The minimum Gasteiger partial charge on any atom is -0.310 e. The van der Waals surface area contributed by atoms with Gasteiger partial charge in [0.2, 0.25) is 5.95 Å². The summed E-state index contributed by atoms with van der Waals surface area (Å²) in [6, 6.07) is 7.44. The van der Waals surface area contributed by atoms with Gasteiger partial charge in [0.1, 0.15) is 0 Å². The number of benzene rings is 1. The maximum Gasteiger partial charge on any atom is 0.261 e. The minimum absolute atomic E-state index is 0.222. The molecule has 1 N–H and O–H groups in total. The van der Waals surface area contributed by atoms with E-state index in [2.05, 4.69) is 21.5 Å². The Morgan fingerprint density at radius 2 is 2.04 bits per heavy atom. The van der Waals surface area contributed by atoms with Crippen molar-refractivity contribution in [2.45, 2.75) is 40.8 Å². The Labute approximate surface area is 145 Å². The van der Waals surface area contributed by atoms with Crippen LogP contribution in [0.3, 0.4) is 0 Å². The number of aromatic nitrogens is 4. The molecule has 7 heteroatoms. The topological polar surface area (TPSA) is 88.5 Å². The van der Waals surface area contributed by atoms with Crippen molar-refractivity contribution < 1.29 is 4.79 Å².